The Kier molecular flexibility index (Phi) is 2.53. The molecule has 2 aliphatic rings. The van der Waals surface area contributed by atoms with Crippen molar-refractivity contribution in [3.63, 3.8) is 0 Å². The molecule has 0 spiro atoms. The van der Waals surface area contributed by atoms with Crippen LogP contribution in [0.4, 0.5) is 0 Å². The summed E-state index contributed by atoms with van der Waals surface area (Å²) < 4.78 is 0. The van der Waals surface area contributed by atoms with Crippen LogP contribution in [-0.4, -0.2) is 10.2 Å². The molecule has 0 bridgehead atoms. The summed E-state index contributed by atoms with van der Waals surface area (Å²) in [7, 11) is 0. The normalized spacial score (nSPS) is 16.2. The summed E-state index contributed by atoms with van der Waals surface area (Å²) in [6, 6.07) is 7.63. The average molecular weight is 266 g/mol. The highest BCUT2D eigenvalue weighted by molar-refractivity contribution is 5.83. The Morgan fingerprint density at radius 2 is 1.05 bits per heavy atom. The van der Waals surface area contributed by atoms with Crippen molar-refractivity contribution in [2.45, 2.75) is 38.5 Å². The van der Waals surface area contributed by atoms with Crippen LogP contribution < -0.4 is 0 Å². The standard InChI is InChI=1S/C18H18O2/c19-15-9-7-11-3-1-5-13(11)17(15)18-14-6-2-4-12(14)8-10-16(18)20/h7-10,19-20H,1-6H2. The summed E-state index contributed by atoms with van der Waals surface area (Å²) in [5.74, 6) is 0.613. The quantitative estimate of drug-likeness (QED) is 0.825. The second-order valence-corrected chi connectivity index (χ2v) is 5.90. The molecule has 2 aromatic rings. The largest absolute Gasteiger partial charge is 0.507 e. The number of aryl methyl sites for hydroxylation is 2. The van der Waals surface area contributed by atoms with Crippen LogP contribution >= 0.6 is 0 Å². The summed E-state index contributed by atoms with van der Waals surface area (Å²) in [5.41, 5.74) is 6.90. The lowest BCUT2D eigenvalue weighted by molar-refractivity contribution is 0.468. The number of aromatic hydroxyl groups is 2. The number of phenolic OH excluding ortho intramolecular Hbond substituents is 2. The molecule has 2 aliphatic carbocycles. The van der Waals surface area contributed by atoms with E-state index < -0.39 is 0 Å². The van der Waals surface area contributed by atoms with Crippen molar-refractivity contribution in [1.82, 2.24) is 0 Å². The predicted molar refractivity (Wildman–Crippen MR) is 79.3 cm³/mol. The summed E-state index contributed by atoms with van der Waals surface area (Å²) in [6.45, 7) is 0. The van der Waals surface area contributed by atoms with Crippen LogP contribution in [0.1, 0.15) is 35.1 Å². The van der Waals surface area contributed by atoms with E-state index >= 15 is 0 Å². The first kappa shape index (κ1) is 11.8. The number of hydrogen-bond donors (Lipinski definition) is 2. The molecule has 4 rings (SSSR count). The van der Waals surface area contributed by atoms with E-state index in [9.17, 15) is 10.2 Å². The minimum absolute atomic E-state index is 0.307. The lowest BCUT2D eigenvalue weighted by atomic mass is 9.90. The van der Waals surface area contributed by atoms with E-state index in [2.05, 4.69) is 0 Å². The van der Waals surface area contributed by atoms with Crippen molar-refractivity contribution in [2.24, 2.45) is 0 Å². The molecule has 0 radical (unpaired) electrons. The highest BCUT2D eigenvalue weighted by atomic mass is 16.3. The van der Waals surface area contributed by atoms with Gasteiger partial charge in [-0.15, -0.1) is 0 Å². The van der Waals surface area contributed by atoms with Gasteiger partial charge in [0, 0.05) is 11.1 Å². The van der Waals surface area contributed by atoms with Crippen LogP contribution in [0.3, 0.4) is 0 Å². The minimum Gasteiger partial charge on any atom is -0.507 e. The first-order valence-corrected chi connectivity index (χ1v) is 7.43. The van der Waals surface area contributed by atoms with Gasteiger partial charge in [0.25, 0.3) is 0 Å². The minimum atomic E-state index is 0.307. The second kappa shape index (κ2) is 4.27. The third kappa shape index (κ3) is 1.57. The van der Waals surface area contributed by atoms with Crippen molar-refractivity contribution in [3.05, 3.63) is 46.5 Å². The van der Waals surface area contributed by atoms with Crippen molar-refractivity contribution >= 4 is 0 Å². The van der Waals surface area contributed by atoms with Gasteiger partial charge in [-0.1, -0.05) is 12.1 Å². The van der Waals surface area contributed by atoms with Crippen molar-refractivity contribution in [1.29, 1.82) is 0 Å². The van der Waals surface area contributed by atoms with Crippen LogP contribution in [0.15, 0.2) is 24.3 Å². The fourth-order valence-electron chi connectivity index (χ4n) is 3.87. The molecule has 0 fully saturated rings. The fourth-order valence-corrected chi connectivity index (χ4v) is 3.87. The molecule has 0 aromatic heterocycles. The molecule has 0 amide bonds. The first-order chi connectivity index (χ1) is 9.75. The highest BCUT2D eigenvalue weighted by Gasteiger charge is 2.25. The topological polar surface area (TPSA) is 40.5 Å². The Labute approximate surface area is 118 Å². The Balaban J connectivity index is 2.04. The van der Waals surface area contributed by atoms with Gasteiger partial charge in [-0.2, -0.15) is 0 Å². The lowest BCUT2D eigenvalue weighted by Crippen LogP contribution is -1.95. The van der Waals surface area contributed by atoms with Crippen LogP contribution in [0.5, 0.6) is 11.5 Å². The molecule has 2 aromatic carbocycles. The summed E-state index contributed by atoms with van der Waals surface area (Å²) in [4.78, 5) is 0. The van der Waals surface area contributed by atoms with Crippen molar-refractivity contribution in [3.8, 4) is 22.6 Å². The molecule has 102 valence electrons. The van der Waals surface area contributed by atoms with Gasteiger partial charge in [0.15, 0.2) is 0 Å². The van der Waals surface area contributed by atoms with E-state index in [-0.39, 0.29) is 0 Å². The number of phenols is 2. The molecule has 0 saturated carbocycles. The van der Waals surface area contributed by atoms with E-state index in [0.717, 1.165) is 49.7 Å². The van der Waals surface area contributed by atoms with Crippen LogP contribution in [0.2, 0.25) is 0 Å². The number of rotatable bonds is 1. The number of benzene rings is 2. The SMILES string of the molecule is Oc1ccc2c(c1-c1c(O)ccc3c1CCC3)CCC2. The maximum atomic E-state index is 10.4. The molecule has 0 heterocycles. The Hall–Kier alpha value is -1.96. The third-order valence-electron chi connectivity index (χ3n) is 4.77. The number of hydrogen-bond acceptors (Lipinski definition) is 2. The zero-order valence-electron chi connectivity index (χ0n) is 11.4. The molecule has 2 N–H and O–H groups in total. The molecule has 0 aliphatic heterocycles. The van der Waals surface area contributed by atoms with E-state index in [4.69, 9.17) is 0 Å². The first-order valence-electron chi connectivity index (χ1n) is 7.43. The van der Waals surface area contributed by atoms with Crippen LogP contribution in [0, 0.1) is 0 Å². The van der Waals surface area contributed by atoms with E-state index in [1.165, 1.54) is 22.3 Å². The zero-order chi connectivity index (χ0) is 13.7. The van der Waals surface area contributed by atoms with E-state index in [1.54, 1.807) is 12.1 Å². The van der Waals surface area contributed by atoms with Gasteiger partial charge >= 0.3 is 0 Å². The Morgan fingerprint density at radius 1 is 0.600 bits per heavy atom. The predicted octanol–water partition coefficient (Wildman–Crippen LogP) is 3.74. The van der Waals surface area contributed by atoms with Gasteiger partial charge in [-0.05, 0) is 72.9 Å². The van der Waals surface area contributed by atoms with Gasteiger partial charge in [-0.25, -0.2) is 0 Å². The number of fused-ring (bicyclic) bond motifs is 2. The molecule has 20 heavy (non-hydrogen) atoms. The fraction of sp³-hybridized carbons (Fsp3) is 0.333. The highest BCUT2D eigenvalue weighted by Crippen LogP contribution is 2.46. The van der Waals surface area contributed by atoms with Gasteiger partial charge < -0.3 is 10.2 Å². The maximum Gasteiger partial charge on any atom is 0.123 e. The van der Waals surface area contributed by atoms with Crippen LogP contribution in [0.25, 0.3) is 11.1 Å². The van der Waals surface area contributed by atoms with Crippen LogP contribution in [-0.2, 0) is 25.7 Å². The lowest BCUT2D eigenvalue weighted by Gasteiger charge is -2.16. The Morgan fingerprint density at radius 3 is 1.50 bits per heavy atom. The average Bonchev–Trinajstić information content (AvgIpc) is 3.08. The summed E-state index contributed by atoms with van der Waals surface area (Å²) >= 11 is 0. The molecule has 0 unspecified atom stereocenters. The molecular weight excluding hydrogens is 248 g/mol. The molecule has 0 saturated heterocycles. The van der Waals surface area contributed by atoms with E-state index in [0.29, 0.717) is 11.5 Å². The van der Waals surface area contributed by atoms with Gasteiger partial charge in [-0.3, -0.25) is 0 Å². The van der Waals surface area contributed by atoms with Gasteiger partial charge in [0.1, 0.15) is 11.5 Å². The summed E-state index contributed by atoms with van der Waals surface area (Å²) in [6.07, 6.45) is 6.45. The van der Waals surface area contributed by atoms with E-state index in [1.807, 2.05) is 12.1 Å². The van der Waals surface area contributed by atoms with Crippen molar-refractivity contribution in [2.75, 3.05) is 0 Å². The monoisotopic (exact) mass is 266 g/mol. The maximum absolute atomic E-state index is 10.4. The van der Waals surface area contributed by atoms with Gasteiger partial charge in [0.2, 0.25) is 0 Å². The molecular formula is C18H18O2. The van der Waals surface area contributed by atoms with Crippen molar-refractivity contribution < 1.29 is 10.2 Å². The molecule has 2 nitrogen and oxygen atoms in total. The summed E-state index contributed by atoms with van der Waals surface area (Å²) in [5, 5.41) is 20.7. The second-order valence-electron chi connectivity index (χ2n) is 5.90. The molecule has 2 heteroatoms. The van der Waals surface area contributed by atoms with Gasteiger partial charge in [0.05, 0.1) is 0 Å². The third-order valence-corrected chi connectivity index (χ3v) is 4.77. The smallest absolute Gasteiger partial charge is 0.123 e. The zero-order valence-corrected chi connectivity index (χ0v) is 11.4. The Bertz CT molecular complexity index is 640. The molecule has 0 atom stereocenters.